The van der Waals surface area contributed by atoms with Gasteiger partial charge >= 0.3 is 11.8 Å². The second kappa shape index (κ2) is 7.98. The summed E-state index contributed by atoms with van der Waals surface area (Å²) in [5.41, 5.74) is 2.49. The summed E-state index contributed by atoms with van der Waals surface area (Å²) in [6.45, 7) is 6.85. The molecule has 29 heavy (non-hydrogen) atoms. The minimum atomic E-state index is -0.444. The van der Waals surface area contributed by atoms with E-state index in [9.17, 15) is 14.4 Å². The third kappa shape index (κ3) is 3.66. The average molecular weight is 416 g/mol. The molecule has 2 saturated heterocycles. The summed E-state index contributed by atoms with van der Waals surface area (Å²) in [6.07, 6.45) is 3.67. The van der Waals surface area contributed by atoms with Crippen molar-refractivity contribution in [2.45, 2.75) is 26.7 Å². The van der Waals surface area contributed by atoms with Gasteiger partial charge in [-0.25, -0.2) is 4.98 Å². The van der Waals surface area contributed by atoms with E-state index >= 15 is 0 Å². The fraction of sp³-hybridized carbons (Fsp3) is 0.500. The first-order valence-electron chi connectivity index (χ1n) is 9.93. The lowest BCUT2D eigenvalue weighted by Gasteiger charge is -2.35. The molecule has 9 heteroatoms. The topological polar surface area (TPSA) is 78.8 Å². The summed E-state index contributed by atoms with van der Waals surface area (Å²) in [5.74, 6) is -0.894. The van der Waals surface area contributed by atoms with Gasteiger partial charge in [-0.2, -0.15) is 0 Å². The Hall–Kier alpha value is -2.68. The van der Waals surface area contributed by atoms with Crippen LogP contribution in [-0.4, -0.2) is 81.2 Å². The van der Waals surface area contributed by atoms with Crippen molar-refractivity contribution in [2.75, 3.05) is 39.3 Å². The quantitative estimate of drug-likeness (QED) is 0.696. The lowest BCUT2D eigenvalue weighted by molar-refractivity contribution is -0.152. The molecule has 0 aliphatic carbocycles. The summed E-state index contributed by atoms with van der Waals surface area (Å²) in [4.78, 5) is 47.2. The van der Waals surface area contributed by atoms with Gasteiger partial charge in [-0.05, 0) is 32.8 Å². The predicted octanol–water partition coefficient (Wildman–Crippen LogP) is 1.46. The highest BCUT2D eigenvalue weighted by Gasteiger charge is 2.32. The molecule has 2 fully saturated rings. The Morgan fingerprint density at radius 2 is 1.48 bits per heavy atom. The van der Waals surface area contributed by atoms with E-state index in [2.05, 4.69) is 4.98 Å². The van der Waals surface area contributed by atoms with E-state index in [1.165, 1.54) is 11.3 Å². The molecule has 2 aliphatic heterocycles. The SMILES string of the molecule is Cc1cc(C(=O)N2CCN(C(=O)C(=O)N3CCCC3)CC2)c(C)n1-c1nccs1. The molecule has 0 aromatic carbocycles. The van der Waals surface area contributed by atoms with Crippen LogP contribution in [0.5, 0.6) is 0 Å². The lowest BCUT2D eigenvalue weighted by Crippen LogP contribution is -2.54. The Bertz CT molecular complexity index is 922. The minimum Gasteiger partial charge on any atom is -0.335 e. The molecule has 3 amide bonds. The lowest BCUT2D eigenvalue weighted by atomic mass is 10.2. The highest BCUT2D eigenvalue weighted by molar-refractivity contribution is 7.12. The molecular weight excluding hydrogens is 390 g/mol. The molecule has 2 aliphatic rings. The highest BCUT2D eigenvalue weighted by Crippen LogP contribution is 2.23. The number of thiazole rings is 1. The average Bonchev–Trinajstić information content (AvgIpc) is 3.48. The fourth-order valence-electron chi connectivity index (χ4n) is 4.07. The normalized spacial score (nSPS) is 17.1. The first kappa shape index (κ1) is 19.6. The summed E-state index contributed by atoms with van der Waals surface area (Å²) < 4.78 is 1.99. The highest BCUT2D eigenvalue weighted by atomic mass is 32.1. The van der Waals surface area contributed by atoms with Crippen molar-refractivity contribution >= 4 is 29.1 Å². The number of carbonyl (C=O) groups is 3. The van der Waals surface area contributed by atoms with Crippen molar-refractivity contribution in [3.63, 3.8) is 0 Å². The molecule has 2 aromatic heterocycles. The maximum atomic E-state index is 13.1. The van der Waals surface area contributed by atoms with Crippen LogP contribution in [0.15, 0.2) is 17.6 Å². The molecule has 0 unspecified atom stereocenters. The monoisotopic (exact) mass is 415 g/mol. The molecule has 0 atom stereocenters. The number of amides is 3. The molecule has 0 radical (unpaired) electrons. The molecule has 4 heterocycles. The first-order chi connectivity index (χ1) is 14.0. The van der Waals surface area contributed by atoms with Gasteiger partial charge < -0.3 is 14.7 Å². The molecule has 2 aromatic rings. The summed E-state index contributed by atoms with van der Waals surface area (Å²) in [7, 11) is 0. The number of hydrogen-bond acceptors (Lipinski definition) is 5. The standard InChI is InChI=1S/C20H25N5O3S/c1-14-13-16(15(2)25(14)20-21-5-12-29-20)17(26)23-8-10-24(11-9-23)19(28)18(27)22-6-3-4-7-22/h5,12-13H,3-4,6-11H2,1-2H3. The summed E-state index contributed by atoms with van der Waals surface area (Å²) in [5, 5.41) is 2.75. The number of hydrogen-bond donors (Lipinski definition) is 0. The zero-order valence-electron chi connectivity index (χ0n) is 16.8. The number of piperazine rings is 1. The smallest absolute Gasteiger partial charge is 0.312 e. The first-order valence-corrected chi connectivity index (χ1v) is 10.8. The summed E-state index contributed by atoms with van der Waals surface area (Å²) in [6, 6.07) is 1.90. The number of aromatic nitrogens is 2. The van der Waals surface area contributed by atoms with E-state index in [1.54, 1.807) is 20.9 Å². The second-order valence-corrected chi connectivity index (χ2v) is 8.39. The van der Waals surface area contributed by atoms with E-state index < -0.39 is 11.8 Å². The van der Waals surface area contributed by atoms with Crippen molar-refractivity contribution in [3.05, 3.63) is 34.6 Å². The van der Waals surface area contributed by atoms with Crippen LogP contribution in [0.25, 0.3) is 5.13 Å². The predicted molar refractivity (Wildman–Crippen MR) is 109 cm³/mol. The van der Waals surface area contributed by atoms with E-state index in [0.717, 1.165) is 29.4 Å². The summed E-state index contributed by atoms with van der Waals surface area (Å²) >= 11 is 1.53. The molecule has 0 saturated carbocycles. The van der Waals surface area contributed by atoms with Crippen LogP contribution in [0.1, 0.15) is 34.6 Å². The van der Waals surface area contributed by atoms with Crippen molar-refractivity contribution in [3.8, 4) is 5.13 Å². The van der Waals surface area contributed by atoms with Crippen LogP contribution in [0.4, 0.5) is 0 Å². The Labute approximate surface area is 173 Å². The Morgan fingerprint density at radius 1 is 0.897 bits per heavy atom. The second-order valence-electron chi connectivity index (χ2n) is 7.52. The van der Waals surface area contributed by atoms with Crippen molar-refractivity contribution in [1.29, 1.82) is 0 Å². The molecule has 8 nitrogen and oxygen atoms in total. The van der Waals surface area contributed by atoms with Crippen molar-refractivity contribution in [2.24, 2.45) is 0 Å². The van der Waals surface area contributed by atoms with Gasteiger partial charge in [0.1, 0.15) is 0 Å². The van der Waals surface area contributed by atoms with E-state index in [4.69, 9.17) is 0 Å². The van der Waals surface area contributed by atoms with E-state index in [0.29, 0.717) is 44.8 Å². The molecule has 4 rings (SSSR count). The van der Waals surface area contributed by atoms with E-state index in [-0.39, 0.29) is 5.91 Å². The van der Waals surface area contributed by atoms with Gasteiger partial charge in [-0.1, -0.05) is 0 Å². The molecule has 0 N–H and O–H groups in total. The Kier molecular flexibility index (Phi) is 5.40. The third-order valence-electron chi connectivity index (χ3n) is 5.70. The van der Waals surface area contributed by atoms with Crippen LogP contribution in [0.2, 0.25) is 0 Å². The molecular formula is C20H25N5O3S. The van der Waals surface area contributed by atoms with Gasteiger partial charge in [0.05, 0.1) is 5.56 Å². The van der Waals surface area contributed by atoms with Gasteiger partial charge in [-0.3, -0.25) is 19.0 Å². The van der Waals surface area contributed by atoms with Gasteiger partial charge in [0.15, 0.2) is 5.13 Å². The number of nitrogens with zero attached hydrogens (tertiary/aromatic N) is 5. The number of likely N-dealkylation sites (tertiary alicyclic amines) is 1. The van der Waals surface area contributed by atoms with Gasteiger partial charge in [-0.15, -0.1) is 11.3 Å². The van der Waals surface area contributed by atoms with Crippen molar-refractivity contribution < 1.29 is 14.4 Å². The zero-order valence-corrected chi connectivity index (χ0v) is 17.6. The van der Waals surface area contributed by atoms with Crippen LogP contribution >= 0.6 is 11.3 Å². The number of carbonyl (C=O) groups excluding carboxylic acids is 3. The molecule has 154 valence electrons. The van der Waals surface area contributed by atoms with Gasteiger partial charge in [0, 0.05) is 62.2 Å². The van der Waals surface area contributed by atoms with Gasteiger partial charge in [0.25, 0.3) is 5.91 Å². The largest absolute Gasteiger partial charge is 0.335 e. The fourth-order valence-corrected chi connectivity index (χ4v) is 4.83. The third-order valence-corrected chi connectivity index (χ3v) is 6.46. The number of rotatable bonds is 2. The van der Waals surface area contributed by atoms with Crippen LogP contribution in [0.3, 0.4) is 0 Å². The van der Waals surface area contributed by atoms with Gasteiger partial charge in [0.2, 0.25) is 0 Å². The maximum absolute atomic E-state index is 13.1. The van der Waals surface area contributed by atoms with E-state index in [1.807, 2.05) is 29.9 Å². The zero-order chi connectivity index (χ0) is 20.5. The van der Waals surface area contributed by atoms with Crippen molar-refractivity contribution in [1.82, 2.24) is 24.3 Å². The maximum Gasteiger partial charge on any atom is 0.312 e. The van der Waals surface area contributed by atoms with Crippen LogP contribution in [-0.2, 0) is 9.59 Å². The Morgan fingerprint density at radius 3 is 2.07 bits per heavy atom. The van der Waals surface area contributed by atoms with Crippen LogP contribution < -0.4 is 0 Å². The minimum absolute atomic E-state index is 0.0427. The Balaban J connectivity index is 1.41. The van der Waals surface area contributed by atoms with Crippen LogP contribution in [0, 0.1) is 13.8 Å². The molecule has 0 spiro atoms. The number of aryl methyl sites for hydroxylation is 1. The molecule has 0 bridgehead atoms.